The number of nitrogens with one attached hydrogen (secondary N) is 1. The summed E-state index contributed by atoms with van der Waals surface area (Å²) in [4.78, 5) is 29.6. The number of aryl methyl sites for hydroxylation is 2. The minimum atomic E-state index is -0.366. The molecule has 8 nitrogen and oxygen atoms in total. The number of hydrazone groups is 1. The average molecular weight is 388 g/mol. The van der Waals surface area contributed by atoms with Crippen LogP contribution in [0.5, 0.6) is 0 Å². The molecule has 3 aromatic rings. The molecule has 0 fully saturated rings. The molecule has 0 saturated carbocycles. The van der Waals surface area contributed by atoms with E-state index in [1.54, 1.807) is 41.5 Å². The van der Waals surface area contributed by atoms with Gasteiger partial charge in [0.15, 0.2) is 5.82 Å². The third-order valence-corrected chi connectivity index (χ3v) is 4.64. The van der Waals surface area contributed by atoms with Crippen molar-refractivity contribution in [3.8, 4) is 5.82 Å². The molecule has 3 heterocycles. The molecule has 146 valence electrons. The lowest BCUT2D eigenvalue weighted by Crippen LogP contribution is -2.36. The van der Waals surface area contributed by atoms with Crippen molar-refractivity contribution in [2.45, 2.75) is 26.7 Å². The van der Waals surface area contributed by atoms with E-state index >= 15 is 0 Å². The van der Waals surface area contributed by atoms with E-state index < -0.39 is 0 Å². The third-order valence-electron chi connectivity index (χ3n) is 4.64. The van der Waals surface area contributed by atoms with E-state index in [0.29, 0.717) is 22.9 Å². The highest BCUT2D eigenvalue weighted by Crippen LogP contribution is 2.26. The zero-order chi connectivity index (χ0) is 20.4. The SMILES string of the molecule is Cc1ccc(C)c(N2N=C(C(=O)Nc3cccnc3-n3cccn3)CCC2=O)c1. The van der Waals surface area contributed by atoms with E-state index in [9.17, 15) is 9.59 Å². The lowest BCUT2D eigenvalue weighted by Gasteiger charge is -2.25. The number of hydrogen-bond donors (Lipinski definition) is 1. The van der Waals surface area contributed by atoms with Crippen molar-refractivity contribution in [2.75, 3.05) is 10.3 Å². The third kappa shape index (κ3) is 3.77. The first-order chi connectivity index (χ1) is 14.0. The van der Waals surface area contributed by atoms with Crippen molar-refractivity contribution in [3.05, 3.63) is 66.1 Å². The Kier molecular flexibility index (Phi) is 4.90. The highest BCUT2D eigenvalue weighted by atomic mass is 16.2. The molecular formula is C21H20N6O2. The van der Waals surface area contributed by atoms with Crippen LogP contribution < -0.4 is 10.3 Å². The summed E-state index contributed by atoms with van der Waals surface area (Å²) in [5.74, 6) is 0.00721. The van der Waals surface area contributed by atoms with Crippen LogP contribution in [0.15, 0.2) is 60.1 Å². The molecule has 1 aliphatic heterocycles. The second-order valence-electron chi connectivity index (χ2n) is 6.82. The fourth-order valence-corrected chi connectivity index (χ4v) is 3.12. The summed E-state index contributed by atoms with van der Waals surface area (Å²) in [6.07, 6.45) is 5.52. The van der Waals surface area contributed by atoms with Crippen molar-refractivity contribution in [3.63, 3.8) is 0 Å². The van der Waals surface area contributed by atoms with Gasteiger partial charge in [-0.15, -0.1) is 0 Å². The number of anilines is 2. The molecule has 0 aliphatic carbocycles. The second kappa shape index (κ2) is 7.67. The summed E-state index contributed by atoms with van der Waals surface area (Å²) in [6.45, 7) is 3.87. The molecule has 2 aromatic heterocycles. The van der Waals surface area contributed by atoms with E-state index in [-0.39, 0.29) is 24.7 Å². The van der Waals surface area contributed by atoms with Crippen molar-refractivity contribution < 1.29 is 9.59 Å². The first kappa shape index (κ1) is 18.5. The van der Waals surface area contributed by atoms with E-state index in [0.717, 1.165) is 11.1 Å². The first-order valence-electron chi connectivity index (χ1n) is 9.27. The average Bonchev–Trinajstić information content (AvgIpc) is 3.25. The fourth-order valence-electron chi connectivity index (χ4n) is 3.12. The van der Waals surface area contributed by atoms with Crippen LogP contribution in [0.3, 0.4) is 0 Å². The first-order valence-corrected chi connectivity index (χ1v) is 9.27. The number of amides is 2. The number of hydrogen-bond acceptors (Lipinski definition) is 5. The molecule has 0 saturated heterocycles. The molecule has 2 amide bonds. The molecule has 4 rings (SSSR count). The van der Waals surface area contributed by atoms with Crippen molar-refractivity contribution >= 4 is 28.9 Å². The summed E-state index contributed by atoms with van der Waals surface area (Å²) in [5.41, 5.74) is 3.44. The maximum Gasteiger partial charge on any atom is 0.271 e. The molecule has 1 aliphatic rings. The van der Waals surface area contributed by atoms with E-state index in [1.165, 1.54) is 5.01 Å². The zero-order valence-electron chi connectivity index (χ0n) is 16.2. The lowest BCUT2D eigenvalue weighted by molar-refractivity contribution is -0.118. The topological polar surface area (TPSA) is 92.5 Å². The Balaban J connectivity index is 1.63. The van der Waals surface area contributed by atoms with Crippen LogP contribution in [0.2, 0.25) is 0 Å². The largest absolute Gasteiger partial charge is 0.318 e. The maximum absolute atomic E-state index is 12.9. The van der Waals surface area contributed by atoms with Crippen molar-refractivity contribution in [1.29, 1.82) is 0 Å². The molecule has 29 heavy (non-hydrogen) atoms. The quantitative estimate of drug-likeness (QED) is 0.744. The smallest absolute Gasteiger partial charge is 0.271 e. The summed E-state index contributed by atoms with van der Waals surface area (Å²) in [5, 5.41) is 12.7. The van der Waals surface area contributed by atoms with E-state index in [2.05, 4.69) is 20.5 Å². The Morgan fingerprint density at radius 1 is 1.10 bits per heavy atom. The predicted octanol–water partition coefficient (Wildman–Crippen LogP) is 3.01. The van der Waals surface area contributed by atoms with Crippen LogP contribution in [-0.2, 0) is 9.59 Å². The predicted molar refractivity (Wildman–Crippen MR) is 110 cm³/mol. The number of carbonyl (C=O) groups is 2. The standard InChI is InChI=1S/C21H20N6O2/c1-14-6-7-15(2)18(13-14)27-19(28)9-8-17(25-27)21(29)24-16-5-3-10-22-20(16)26-12-4-11-23-26/h3-7,10-13H,8-9H2,1-2H3,(H,24,29). The molecular weight excluding hydrogens is 368 g/mol. The van der Waals surface area contributed by atoms with Gasteiger partial charge in [0.05, 0.1) is 11.4 Å². The number of aromatic nitrogens is 3. The van der Waals surface area contributed by atoms with Crippen LogP contribution in [0.4, 0.5) is 11.4 Å². The minimum Gasteiger partial charge on any atom is -0.318 e. The van der Waals surface area contributed by atoms with Crippen LogP contribution in [0.1, 0.15) is 24.0 Å². The van der Waals surface area contributed by atoms with Crippen molar-refractivity contribution in [2.24, 2.45) is 5.10 Å². The second-order valence-corrected chi connectivity index (χ2v) is 6.82. The van der Waals surface area contributed by atoms with E-state index in [1.807, 2.05) is 32.0 Å². The number of nitrogens with zero attached hydrogens (tertiary/aromatic N) is 5. The molecule has 8 heteroatoms. The van der Waals surface area contributed by atoms with Gasteiger partial charge < -0.3 is 5.32 Å². The Morgan fingerprint density at radius 2 is 1.97 bits per heavy atom. The van der Waals surface area contributed by atoms with Gasteiger partial charge in [-0.25, -0.2) is 14.7 Å². The highest BCUT2D eigenvalue weighted by molar-refractivity contribution is 6.44. The number of pyridine rings is 1. The molecule has 1 aromatic carbocycles. The van der Waals surface area contributed by atoms with Gasteiger partial charge in [0, 0.05) is 31.4 Å². The number of carbonyl (C=O) groups excluding carboxylic acids is 2. The normalized spacial score (nSPS) is 13.9. The minimum absolute atomic E-state index is 0.131. The molecule has 0 atom stereocenters. The zero-order valence-corrected chi connectivity index (χ0v) is 16.2. The van der Waals surface area contributed by atoms with Gasteiger partial charge in [0.1, 0.15) is 5.71 Å². The van der Waals surface area contributed by atoms with E-state index in [4.69, 9.17) is 0 Å². The fraction of sp³-hybridized carbons (Fsp3) is 0.190. The molecule has 0 spiro atoms. The monoisotopic (exact) mass is 388 g/mol. The van der Waals surface area contributed by atoms with Gasteiger partial charge in [-0.2, -0.15) is 10.2 Å². The Morgan fingerprint density at radius 3 is 2.76 bits per heavy atom. The summed E-state index contributed by atoms with van der Waals surface area (Å²) >= 11 is 0. The molecule has 0 unspecified atom stereocenters. The lowest BCUT2D eigenvalue weighted by atomic mass is 10.1. The number of rotatable bonds is 4. The van der Waals surface area contributed by atoms with Crippen LogP contribution in [-0.4, -0.2) is 32.3 Å². The van der Waals surface area contributed by atoms with Gasteiger partial charge in [-0.1, -0.05) is 12.1 Å². The van der Waals surface area contributed by atoms with Gasteiger partial charge >= 0.3 is 0 Å². The van der Waals surface area contributed by atoms with Crippen LogP contribution in [0, 0.1) is 13.8 Å². The highest BCUT2D eigenvalue weighted by Gasteiger charge is 2.27. The van der Waals surface area contributed by atoms with Crippen LogP contribution in [0.25, 0.3) is 5.82 Å². The summed E-state index contributed by atoms with van der Waals surface area (Å²) in [7, 11) is 0. The summed E-state index contributed by atoms with van der Waals surface area (Å²) < 4.78 is 1.57. The van der Waals surface area contributed by atoms with Gasteiger partial charge in [-0.3, -0.25) is 9.59 Å². The maximum atomic E-state index is 12.9. The van der Waals surface area contributed by atoms with Gasteiger partial charge in [-0.05, 0) is 49.2 Å². The summed E-state index contributed by atoms with van der Waals surface area (Å²) in [6, 6.07) is 11.1. The number of benzene rings is 1. The van der Waals surface area contributed by atoms with Gasteiger partial charge in [0.2, 0.25) is 5.91 Å². The molecule has 0 radical (unpaired) electrons. The van der Waals surface area contributed by atoms with Crippen molar-refractivity contribution in [1.82, 2.24) is 14.8 Å². The Labute approximate surface area is 167 Å². The molecule has 1 N–H and O–H groups in total. The Hall–Kier alpha value is -3.81. The Bertz CT molecular complexity index is 1100. The van der Waals surface area contributed by atoms with Crippen LogP contribution >= 0.6 is 0 Å². The molecule has 0 bridgehead atoms. The van der Waals surface area contributed by atoms with Gasteiger partial charge in [0.25, 0.3) is 5.91 Å².